The maximum Gasteiger partial charge on any atom is 0.343 e. The molecule has 0 bridgehead atoms. The molecule has 3 aromatic rings. The van der Waals surface area contributed by atoms with Crippen LogP contribution in [0, 0.1) is 0 Å². The fraction of sp³-hybridized carbons (Fsp3) is 0.217. The number of likely N-dealkylation sites (N-methyl/N-ethyl adjacent to an activating group) is 1. The van der Waals surface area contributed by atoms with E-state index in [0.29, 0.717) is 11.3 Å². The number of nitrogens with zero attached hydrogens (tertiary/aromatic N) is 1. The molecule has 2 aliphatic heterocycles. The van der Waals surface area contributed by atoms with Crippen molar-refractivity contribution in [1.29, 1.82) is 0 Å². The van der Waals surface area contributed by atoms with Crippen LogP contribution in [0.5, 0.6) is 5.75 Å². The number of ether oxygens (including phenoxy) is 1. The first kappa shape index (κ1) is 18.8. The minimum atomic E-state index is -0.397. The van der Waals surface area contributed by atoms with Crippen LogP contribution in [0.25, 0.3) is 0 Å². The zero-order valence-corrected chi connectivity index (χ0v) is 17.3. The van der Waals surface area contributed by atoms with Crippen LogP contribution in [0.15, 0.2) is 54.6 Å². The molecule has 0 unspecified atom stereocenters. The lowest BCUT2D eigenvalue weighted by Gasteiger charge is -2.27. The van der Waals surface area contributed by atoms with Gasteiger partial charge in [0.15, 0.2) is 0 Å². The Kier molecular flexibility index (Phi) is 4.77. The molecule has 2 aromatic carbocycles. The molecule has 152 valence electrons. The second-order valence-electron chi connectivity index (χ2n) is 7.57. The summed E-state index contributed by atoms with van der Waals surface area (Å²) < 4.78 is 5.44. The van der Waals surface area contributed by atoms with Gasteiger partial charge in [0.25, 0.3) is 5.91 Å². The Hall–Kier alpha value is -3.16. The van der Waals surface area contributed by atoms with E-state index >= 15 is 0 Å². The average molecular weight is 420 g/mol. The summed E-state index contributed by atoms with van der Waals surface area (Å²) in [7, 11) is 2.10. The van der Waals surface area contributed by atoms with Crippen molar-refractivity contribution in [2.24, 2.45) is 0 Å². The minimum absolute atomic E-state index is 0.0321. The summed E-state index contributed by atoms with van der Waals surface area (Å²) in [6.45, 7) is 1.85. The molecule has 1 atom stereocenters. The molecule has 7 heteroatoms. The molecule has 5 rings (SSSR count). The lowest BCUT2D eigenvalue weighted by Crippen LogP contribution is -2.38. The second kappa shape index (κ2) is 7.59. The van der Waals surface area contributed by atoms with E-state index in [1.54, 1.807) is 47.7 Å². The van der Waals surface area contributed by atoms with Crippen molar-refractivity contribution >= 4 is 28.2 Å². The number of thiophene rings is 1. The van der Waals surface area contributed by atoms with Gasteiger partial charge in [-0.1, -0.05) is 30.3 Å². The Morgan fingerprint density at radius 1 is 1.10 bits per heavy atom. The summed E-state index contributed by atoms with van der Waals surface area (Å²) in [5.41, 5.74) is 3.38. The third kappa shape index (κ3) is 3.46. The number of rotatable bonds is 3. The van der Waals surface area contributed by atoms with E-state index in [0.717, 1.165) is 35.6 Å². The zero-order chi connectivity index (χ0) is 20.7. The number of carbonyl (C=O) groups excluding carboxylic acids is 2. The molecule has 0 radical (unpaired) electrons. The maximum atomic E-state index is 12.8. The number of carbonyl (C=O) groups is 2. The number of fused-ring (bicyclic) bond motifs is 3. The van der Waals surface area contributed by atoms with Gasteiger partial charge in [-0.05, 0) is 48.9 Å². The van der Waals surface area contributed by atoms with Crippen LogP contribution in [0.4, 0.5) is 5.00 Å². The normalized spacial score (nSPS) is 18.0. The van der Waals surface area contributed by atoms with Crippen LogP contribution >= 0.6 is 11.3 Å². The Morgan fingerprint density at radius 3 is 2.63 bits per heavy atom. The second-order valence-corrected chi connectivity index (χ2v) is 8.68. The van der Waals surface area contributed by atoms with Gasteiger partial charge in [0.1, 0.15) is 16.9 Å². The standard InChI is InChI=1S/C23H21N3O3S/c1-26-12-11-17-18(13-26)30-22-19(17)21(27)24-20(25-22)14-7-9-16(10-8-14)29-23(28)15-5-3-2-4-6-15/h2-10,20,25H,11-13H2,1H3,(H,24,27)/t20-/m1/s1. The fourth-order valence-corrected chi connectivity index (χ4v) is 5.23. The molecule has 0 aliphatic carbocycles. The van der Waals surface area contributed by atoms with E-state index in [4.69, 9.17) is 4.74 Å². The van der Waals surface area contributed by atoms with Gasteiger partial charge in [-0.15, -0.1) is 11.3 Å². The predicted octanol–water partition coefficient (Wildman–Crippen LogP) is 3.81. The molecular weight excluding hydrogens is 398 g/mol. The molecule has 0 saturated carbocycles. The molecular formula is C23H21N3O3S. The SMILES string of the molecule is CN1CCc2c(sc3c2C(=O)N[C@@H](c2ccc(OC(=O)c4ccccc4)cc2)N3)C1. The van der Waals surface area contributed by atoms with Gasteiger partial charge in [-0.3, -0.25) is 4.79 Å². The zero-order valence-electron chi connectivity index (χ0n) is 16.5. The van der Waals surface area contributed by atoms with Crippen LogP contribution in [-0.4, -0.2) is 30.4 Å². The molecule has 0 saturated heterocycles. The molecule has 3 heterocycles. The lowest BCUT2D eigenvalue weighted by molar-refractivity contribution is 0.0734. The molecule has 2 N–H and O–H groups in total. The third-order valence-electron chi connectivity index (χ3n) is 5.46. The summed E-state index contributed by atoms with van der Waals surface area (Å²) in [5.74, 6) is 0.0339. The smallest absolute Gasteiger partial charge is 0.343 e. The number of amides is 1. The van der Waals surface area contributed by atoms with Gasteiger partial charge < -0.3 is 20.3 Å². The molecule has 1 amide bonds. The van der Waals surface area contributed by atoms with E-state index in [1.807, 2.05) is 18.2 Å². The van der Waals surface area contributed by atoms with E-state index < -0.39 is 5.97 Å². The summed E-state index contributed by atoms with van der Waals surface area (Å²) in [5, 5.41) is 7.45. The molecule has 6 nitrogen and oxygen atoms in total. The predicted molar refractivity (Wildman–Crippen MR) is 116 cm³/mol. The van der Waals surface area contributed by atoms with Crippen molar-refractivity contribution in [3.05, 3.63) is 81.7 Å². The van der Waals surface area contributed by atoms with Gasteiger partial charge >= 0.3 is 5.97 Å². The first-order valence-corrected chi connectivity index (χ1v) is 10.7. The van der Waals surface area contributed by atoms with Crippen LogP contribution in [0.2, 0.25) is 0 Å². The number of hydrogen-bond donors (Lipinski definition) is 2. The van der Waals surface area contributed by atoms with Crippen LogP contribution in [0.1, 0.15) is 42.9 Å². The maximum absolute atomic E-state index is 12.8. The number of benzene rings is 2. The highest BCUT2D eigenvalue weighted by atomic mass is 32.1. The van der Waals surface area contributed by atoms with Crippen molar-refractivity contribution in [1.82, 2.24) is 10.2 Å². The van der Waals surface area contributed by atoms with Crippen molar-refractivity contribution in [2.75, 3.05) is 18.9 Å². The number of nitrogens with one attached hydrogen (secondary N) is 2. The van der Waals surface area contributed by atoms with Crippen LogP contribution in [-0.2, 0) is 13.0 Å². The summed E-state index contributed by atoms with van der Waals surface area (Å²) in [4.78, 5) is 28.6. The molecule has 0 fully saturated rings. The van der Waals surface area contributed by atoms with Gasteiger partial charge in [-0.25, -0.2) is 4.79 Å². The van der Waals surface area contributed by atoms with Crippen molar-refractivity contribution in [2.45, 2.75) is 19.1 Å². The van der Waals surface area contributed by atoms with Crippen LogP contribution < -0.4 is 15.4 Å². The summed E-state index contributed by atoms with van der Waals surface area (Å²) in [6.07, 6.45) is 0.584. The largest absolute Gasteiger partial charge is 0.423 e. The highest BCUT2D eigenvalue weighted by molar-refractivity contribution is 7.16. The first-order chi connectivity index (χ1) is 14.6. The third-order valence-corrected chi connectivity index (χ3v) is 6.61. The Labute approximate surface area is 178 Å². The molecule has 2 aliphatic rings. The quantitative estimate of drug-likeness (QED) is 0.499. The van der Waals surface area contributed by atoms with Gasteiger partial charge in [0.05, 0.1) is 11.1 Å². The number of anilines is 1. The van der Waals surface area contributed by atoms with E-state index in [-0.39, 0.29) is 12.1 Å². The fourth-order valence-electron chi connectivity index (χ4n) is 3.88. The van der Waals surface area contributed by atoms with Crippen molar-refractivity contribution in [3.8, 4) is 5.75 Å². The first-order valence-electron chi connectivity index (χ1n) is 9.86. The Bertz CT molecular complexity index is 1110. The average Bonchev–Trinajstić information content (AvgIpc) is 3.12. The topological polar surface area (TPSA) is 70.7 Å². The Balaban J connectivity index is 1.32. The number of hydrogen-bond acceptors (Lipinski definition) is 6. The highest BCUT2D eigenvalue weighted by Gasteiger charge is 2.32. The van der Waals surface area contributed by atoms with Gasteiger partial charge in [0.2, 0.25) is 0 Å². The molecule has 0 spiro atoms. The molecule has 1 aromatic heterocycles. The van der Waals surface area contributed by atoms with Crippen molar-refractivity contribution < 1.29 is 14.3 Å². The minimum Gasteiger partial charge on any atom is -0.423 e. The van der Waals surface area contributed by atoms with E-state index in [9.17, 15) is 9.59 Å². The summed E-state index contributed by atoms with van der Waals surface area (Å²) in [6, 6.07) is 16.1. The van der Waals surface area contributed by atoms with Gasteiger partial charge in [-0.2, -0.15) is 0 Å². The summed E-state index contributed by atoms with van der Waals surface area (Å²) >= 11 is 1.67. The monoisotopic (exact) mass is 419 g/mol. The van der Waals surface area contributed by atoms with Gasteiger partial charge in [0, 0.05) is 18.0 Å². The molecule has 30 heavy (non-hydrogen) atoms. The van der Waals surface area contributed by atoms with Crippen molar-refractivity contribution in [3.63, 3.8) is 0 Å². The van der Waals surface area contributed by atoms with E-state index in [2.05, 4.69) is 22.6 Å². The lowest BCUT2D eigenvalue weighted by atomic mass is 10.0. The Morgan fingerprint density at radius 2 is 1.87 bits per heavy atom. The van der Waals surface area contributed by atoms with E-state index in [1.165, 1.54) is 10.4 Å². The number of esters is 1. The highest BCUT2D eigenvalue weighted by Crippen LogP contribution is 2.40. The van der Waals surface area contributed by atoms with Crippen LogP contribution in [0.3, 0.4) is 0 Å².